The topological polar surface area (TPSA) is 92.2 Å². The second-order valence-electron chi connectivity index (χ2n) is 2.34. The van der Waals surface area contributed by atoms with Crippen molar-refractivity contribution in [2.45, 2.75) is 5.12 Å². The first-order valence-corrected chi connectivity index (χ1v) is 3.57. The zero-order valence-corrected chi connectivity index (χ0v) is 6.75. The third kappa shape index (κ3) is 1.03. The van der Waals surface area contributed by atoms with E-state index in [1.807, 2.05) is 0 Å². The lowest BCUT2D eigenvalue weighted by Gasteiger charge is -2.24. The van der Waals surface area contributed by atoms with E-state index in [1.54, 1.807) is 0 Å². The Hall–Kier alpha value is -1.21. The number of nitrogens with two attached hydrogens (primary N) is 1. The standard InChI is InChI=1S/C5H5N5OS/c6-5(12)9-3-2(4(11)10-5)7-1-8-3/h1,12H,6H2,(H,10,11). The van der Waals surface area contributed by atoms with Gasteiger partial charge in [0, 0.05) is 0 Å². The van der Waals surface area contributed by atoms with Crippen LogP contribution in [0.5, 0.6) is 0 Å². The largest absolute Gasteiger partial charge is 0.305 e. The lowest BCUT2D eigenvalue weighted by atomic mass is 10.3. The fraction of sp³-hybridized carbons (Fsp3) is 0.200. The van der Waals surface area contributed by atoms with Gasteiger partial charge in [-0.3, -0.25) is 10.5 Å². The van der Waals surface area contributed by atoms with Crippen molar-refractivity contribution in [1.82, 2.24) is 5.32 Å². The molecule has 0 aromatic heterocycles. The van der Waals surface area contributed by atoms with Crippen LogP contribution in [0.2, 0.25) is 0 Å². The van der Waals surface area contributed by atoms with Crippen LogP contribution >= 0.6 is 12.6 Å². The van der Waals surface area contributed by atoms with E-state index >= 15 is 0 Å². The highest BCUT2D eigenvalue weighted by molar-refractivity contribution is 7.81. The van der Waals surface area contributed by atoms with Crippen molar-refractivity contribution in [2.24, 2.45) is 20.7 Å². The molecule has 7 heteroatoms. The maximum Gasteiger partial charge on any atom is 0.277 e. The van der Waals surface area contributed by atoms with Gasteiger partial charge in [-0.1, -0.05) is 0 Å². The van der Waals surface area contributed by atoms with E-state index in [2.05, 4.69) is 32.9 Å². The molecule has 0 bridgehead atoms. The van der Waals surface area contributed by atoms with Gasteiger partial charge >= 0.3 is 0 Å². The molecule has 0 fully saturated rings. The van der Waals surface area contributed by atoms with Crippen LogP contribution in [0.4, 0.5) is 0 Å². The van der Waals surface area contributed by atoms with Gasteiger partial charge in [-0.05, 0) is 0 Å². The quantitative estimate of drug-likeness (QED) is 0.315. The first kappa shape index (κ1) is 7.44. The summed E-state index contributed by atoms with van der Waals surface area (Å²) in [6.45, 7) is 0. The minimum atomic E-state index is -1.37. The number of fused-ring (bicyclic) bond motifs is 1. The Balaban J connectivity index is 2.49. The molecule has 1 amide bonds. The molecule has 2 heterocycles. The molecule has 0 aliphatic carbocycles. The molecular formula is C5H5N5OS. The maximum absolute atomic E-state index is 11.2. The molecule has 6 nitrogen and oxygen atoms in total. The molecule has 12 heavy (non-hydrogen) atoms. The molecule has 62 valence electrons. The van der Waals surface area contributed by atoms with Gasteiger partial charge in [0.25, 0.3) is 5.91 Å². The molecule has 2 aliphatic heterocycles. The molecule has 0 radical (unpaired) electrons. The fourth-order valence-corrected chi connectivity index (χ4v) is 1.11. The molecular weight excluding hydrogens is 178 g/mol. The van der Waals surface area contributed by atoms with E-state index in [-0.39, 0.29) is 11.5 Å². The third-order valence-corrected chi connectivity index (χ3v) is 1.58. The van der Waals surface area contributed by atoms with E-state index in [0.29, 0.717) is 0 Å². The second-order valence-corrected chi connectivity index (χ2v) is 3.02. The van der Waals surface area contributed by atoms with Crippen molar-refractivity contribution in [3.63, 3.8) is 0 Å². The lowest BCUT2D eigenvalue weighted by Crippen LogP contribution is -2.57. The number of hydrogen-bond acceptors (Lipinski definition) is 6. The van der Waals surface area contributed by atoms with Crippen LogP contribution in [0.3, 0.4) is 0 Å². The smallest absolute Gasteiger partial charge is 0.277 e. The molecule has 0 aromatic carbocycles. The number of amidine groups is 1. The number of hydrogen-bond donors (Lipinski definition) is 3. The number of amides is 1. The van der Waals surface area contributed by atoms with Gasteiger partial charge in [-0.2, -0.15) is 0 Å². The summed E-state index contributed by atoms with van der Waals surface area (Å²) >= 11 is 3.89. The number of nitrogens with zero attached hydrogens (tertiary/aromatic N) is 3. The molecule has 3 N–H and O–H groups in total. The second kappa shape index (κ2) is 2.14. The molecule has 2 aliphatic rings. The van der Waals surface area contributed by atoms with Crippen LogP contribution in [0.25, 0.3) is 0 Å². The predicted molar refractivity (Wildman–Crippen MR) is 47.4 cm³/mol. The Kier molecular flexibility index (Phi) is 1.33. The maximum atomic E-state index is 11.2. The minimum absolute atomic E-state index is 0.185. The summed E-state index contributed by atoms with van der Waals surface area (Å²) in [5, 5.41) is 0.964. The summed E-state index contributed by atoms with van der Waals surface area (Å²) in [5.74, 6) is -0.175. The summed E-state index contributed by atoms with van der Waals surface area (Å²) in [4.78, 5) is 22.4. The number of nitrogens with one attached hydrogen (secondary N) is 1. The van der Waals surface area contributed by atoms with Gasteiger partial charge in [0.2, 0.25) is 5.12 Å². The van der Waals surface area contributed by atoms with Crippen LogP contribution in [0.15, 0.2) is 15.0 Å². The van der Waals surface area contributed by atoms with E-state index in [0.717, 1.165) is 0 Å². The Morgan fingerprint density at radius 3 is 3.17 bits per heavy atom. The van der Waals surface area contributed by atoms with Crippen molar-refractivity contribution in [1.29, 1.82) is 0 Å². The lowest BCUT2D eigenvalue weighted by molar-refractivity contribution is -0.115. The van der Waals surface area contributed by atoms with Crippen LogP contribution in [-0.2, 0) is 4.79 Å². The molecule has 0 aromatic rings. The van der Waals surface area contributed by atoms with Gasteiger partial charge in [-0.25, -0.2) is 15.0 Å². The van der Waals surface area contributed by atoms with Crippen molar-refractivity contribution >= 4 is 36.4 Å². The van der Waals surface area contributed by atoms with Crippen LogP contribution < -0.4 is 11.1 Å². The van der Waals surface area contributed by atoms with Gasteiger partial charge in [0.05, 0.1) is 0 Å². The highest BCUT2D eigenvalue weighted by atomic mass is 32.1. The molecule has 0 spiro atoms. The van der Waals surface area contributed by atoms with Crippen molar-refractivity contribution in [2.75, 3.05) is 0 Å². The van der Waals surface area contributed by atoms with E-state index in [1.165, 1.54) is 6.34 Å². The SMILES string of the molecule is NC1(S)N=C2N=CN=C2C(=O)N1. The summed E-state index contributed by atoms with van der Waals surface area (Å²) in [6.07, 6.45) is 1.25. The molecule has 2 rings (SSSR count). The fourth-order valence-electron chi connectivity index (χ4n) is 0.918. The number of carbonyl (C=O) groups is 1. The van der Waals surface area contributed by atoms with Crippen molar-refractivity contribution in [3.8, 4) is 0 Å². The average molecular weight is 183 g/mol. The first-order chi connectivity index (χ1) is 5.58. The molecule has 1 unspecified atom stereocenters. The summed E-state index contributed by atoms with van der Waals surface area (Å²) in [5.41, 5.74) is 5.63. The van der Waals surface area contributed by atoms with Crippen molar-refractivity contribution < 1.29 is 4.79 Å². The average Bonchev–Trinajstić information content (AvgIpc) is 2.31. The van der Waals surface area contributed by atoms with Gasteiger partial charge < -0.3 is 5.32 Å². The van der Waals surface area contributed by atoms with Crippen molar-refractivity contribution in [3.05, 3.63) is 0 Å². The monoisotopic (exact) mass is 183 g/mol. The third-order valence-electron chi connectivity index (χ3n) is 1.37. The van der Waals surface area contributed by atoms with Gasteiger partial charge in [0.1, 0.15) is 6.34 Å². The molecule has 0 saturated heterocycles. The molecule has 1 atom stereocenters. The molecule has 0 saturated carbocycles. The highest BCUT2D eigenvalue weighted by Gasteiger charge is 2.34. The van der Waals surface area contributed by atoms with E-state index in [9.17, 15) is 4.79 Å². The van der Waals surface area contributed by atoms with Crippen LogP contribution in [0.1, 0.15) is 0 Å². The van der Waals surface area contributed by atoms with Crippen LogP contribution in [0, 0.1) is 0 Å². The Labute approximate surface area is 73.1 Å². The van der Waals surface area contributed by atoms with E-state index < -0.39 is 11.0 Å². The van der Waals surface area contributed by atoms with Gasteiger partial charge in [0.15, 0.2) is 11.5 Å². The number of thiol groups is 1. The summed E-state index contributed by atoms with van der Waals surface area (Å²) < 4.78 is 0. The number of aliphatic imine (C=N–C) groups is 3. The zero-order chi connectivity index (χ0) is 8.77. The predicted octanol–water partition coefficient (Wildman–Crippen LogP) is -1.50. The Morgan fingerprint density at radius 2 is 2.42 bits per heavy atom. The summed E-state index contributed by atoms with van der Waals surface area (Å²) in [6, 6.07) is 0. The van der Waals surface area contributed by atoms with Crippen LogP contribution in [-0.4, -0.2) is 28.9 Å². The van der Waals surface area contributed by atoms with E-state index in [4.69, 9.17) is 5.73 Å². The Morgan fingerprint density at radius 1 is 1.67 bits per heavy atom. The Bertz CT molecular complexity index is 342. The minimum Gasteiger partial charge on any atom is -0.305 e. The normalized spacial score (nSPS) is 32.3. The summed E-state index contributed by atoms with van der Waals surface area (Å²) in [7, 11) is 0. The highest BCUT2D eigenvalue weighted by Crippen LogP contribution is 2.12. The number of carbonyl (C=O) groups excluding carboxylic acids is 1. The zero-order valence-electron chi connectivity index (χ0n) is 5.85. The number of rotatable bonds is 0. The first-order valence-electron chi connectivity index (χ1n) is 3.13. The van der Waals surface area contributed by atoms with Gasteiger partial charge in [-0.15, -0.1) is 12.6 Å².